The first-order chi connectivity index (χ1) is 11.5. The van der Waals surface area contributed by atoms with E-state index in [2.05, 4.69) is 0 Å². The number of aryl methyl sites for hydroxylation is 2. The Morgan fingerprint density at radius 1 is 1.12 bits per heavy atom. The minimum Gasteiger partial charge on any atom is -0.502 e. The molecule has 124 valence electrons. The molecule has 0 fully saturated rings. The Hall–Kier alpha value is -2.60. The van der Waals surface area contributed by atoms with Crippen molar-refractivity contribution >= 4 is 28.7 Å². The van der Waals surface area contributed by atoms with E-state index in [0.29, 0.717) is 10.6 Å². The highest BCUT2D eigenvalue weighted by Crippen LogP contribution is 2.30. The minimum atomic E-state index is -0.674. The zero-order valence-corrected chi connectivity index (χ0v) is 14.2. The lowest BCUT2D eigenvalue weighted by Gasteiger charge is -2.15. The molecule has 0 spiro atoms. The molecule has 0 aliphatic carbocycles. The van der Waals surface area contributed by atoms with Crippen LogP contribution in [0.2, 0.25) is 0 Å². The molecule has 1 aliphatic heterocycles. The number of amides is 2. The van der Waals surface area contributed by atoms with E-state index >= 15 is 0 Å². The van der Waals surface area contributed by atoms with Crippen molar-refractivity contribution in [2.45, 2.75) is 13.8 Å². The zero-order valence-electron chi connectivity index (χ0n) is 13.4. The highest BCUT2D eigenvalue weighted by Gasteiger charge is 2.39. The topological polar surface area (TPSA) is 66.8 Å². The number of carbonyl (C=O) groups excluding carboxylic acids is 2. The maximum absolute atomic E-state index is 12.4. The van der Waals surface area contributed by atoms with Crippen LogP contribution in [0.3, 0.4) is 0 Å². The number of rotatable bonds is 5. The monoisotopic (exact) mass is 343 g/mol. The second-order valence-electron chi connectivity index (χ2n) is 5.63. The van der Waals surface area contributed by atoms with E-state index in [-0.39, 0.29) is 18.7 Å². The Kier molecular flexibility index (Phi) is 4.40. The van der Waals surface area contributed by atoms with Gasteiger partial charge in [0.15, 0.2) is 5.76 Å². The predicted octanol–water partition coefficient (Wildman–Crippen LogP) is 3.08. The summed E-state index contributed by atoms with van der Waals surface area (Å²) in [5, 5.41) is 11.8. The van der Waals surface area contributed by atoms with Crippen LogP contribution in [0.25, 0.3) is 5.57 Å². The van der Waals surface area contributed by atoms with Crippen LogP contribution in [-0.4, -0.2) is 35.0 Å². The van der Waals surface area contributed by atoms with E-state index in [0.717, 1.165) is 16.0 Å². The third kappa shape index (κ3) is 3.05. The third-order valence-electron chi connectivity index (χ3n) is 3.69. The first-order valence-corrected chi connectivity index (χ1v) is 8.39. The quantitative estimate of drug-likeness (QED) is 0.847. The predicted molar refractivity (Wildman–Crippen MR) is 92.0 cm³/mol. The second-order valence-corrected chi connectivity index (χ2v) is 6.58. The molecule has 1 N–H and O–H groups in total. The van der Waals surface area contributed by atoms with E-state index < -0.39 is 17.6 Å². The number of benzene rings is 1. The van der Waals surface area contributed by atoms with Gasteiger partial charge < -0.3 is 9.84 Å². The lowest BCUT2D eigenvalue weighted by Crippen LogP contribution is -2.35. The maximum Gasteiger partial charge on any atom is 0.296 e. The molecular weight excluding hydrogens is 326 g/mol. The Bertz CT molecular complexity index is 803. The second kappa shape index (κ2) is 6.49. The molecule has 1 aromatic carbocycles. The number of ether oxygens (including phenoxy) is 1. The molecule has 0 atom stereocenters. The molecule has 2 heterocycles. The van der Waals surface area contributed by atoms with E-state index in [4.69, 9.17) is 4.74 Å². The Balaban J connectivity index is 1.67. The number of thiophene rings is 1. The summed E-state index contributed by atoms with van der Waals surface area (Å²) in [5.41, 5.74) is 2.23. The molecule has 1 aliphatic rings. The van der Waals surface area contributed by atoms with Crippen LogP contribution in [0.4, 0.5) is 0 Å². The van der Waals surface area contributed by atoms with E-state index in [1.165, 1.54) is 11.3 Å². The number of aliphatic hydroxyl groups excluding tert-OH is 1. The summed E-state index contributed by atoms with van der Waals surface area (Å²) in [7, 11) is 0. The maximum atomic E-state index is 12.4. The van der Waals surface area contributed by atoms with Crippen molar-refractivity contribution in [1.82, 2.24) is 4.90 Å². The molecule has 2 amide bonds. The first-order valence-electron chi connectivity index (χ1n) is 7.52. The molecule has 0 saturated carbocycles. The highest BCUT2D eigenvalue weighted by atomic mass is 32.1. The Morgan fingerprint density at radius 2 is 1.83 bits per heavy atom. The van der Waals surface area contributed by atoms with Gasteiger partial charge in [-0.2, -0.15) is 0 Å². The standard InChI is InChI=1S/C18H17NO4S/c1-11-8-12(2)10-13(9-11)23-6-5-19-17(21)15(16(20)18(19)22)14-4-3-7-24-14/h3-4,7-10,20H,5-6H2,1-2H3. The van der Waals surface area contributed by atoms with Gasteiger partial charge in [-0.25, -0.2) is 0 Å². The van der Waals surface area contributed by atoms with Crippen molar-refractivity contribution in [3.05, 3.63) is 57.5 Å². The molecule has 1 aromatic heterocycles. The summed E-state index contributed by atoms with van der Waals surface area (Å²) in [6.45, 7) is 4.21. The smallest absolute Gasteiger partial charge is 0.296 e. The molecule has 24 heavy (non-hydrogen) atoms. The Morgan fingerprint density at radius 3 is 2.46 bits per heavy atom. The van der Waals surface area contributed by atoms with Gasteiger partial charge in [0.1, 0.15) is 17.9 Å². The largest absolute Gasteiger partial charge is 0.502 e. The fourth-order valence-electron chi connectivity index (χ4n) is 2.68. The Labute approximate surface area is 143 Å². The summed E-state index contributed by atoms with van der Waals surface area (Å²) in [6.07, 6.45) is 0. The summed E-state index contributed by atoms with van der Waals surface area (Å²) in [4.78, 5) is 26.1. The number of nitrogens with zero attached hydrogens (tertiary/aromatic N) is 1. The van der Waals surface area contributed by atoms with Gasteiger partial charge in [-0.1, -0.05) is 12.1 Å². The van der Waals surface area contributed by atoms with Gasteiger partial charge in [0.05, 0.1) is 6.54 Å². The van der Waals surface area contributed by atoms with Crippen molar-refractivity contribution in [3.63, 3.8) is 0 Å². The summed E-state index contributed by atoms with van der Waals surface area (Å²) in [5.74, 6) is -0.951. The molecular formula is C18H17NO4S. The van der Waals surface area contributed by atoms with Crippen LogP contribution in [0.15, 0.2) is 41.5 Å². The molecule has 0 saturated heterocycles. The van der Waals surface area contributed by atoms with Gasteiger partial charge in [-0.05, 0) is 48.6 Å². The average Bonchev–Trinajstić information content (AvgIpc) is 3.09. The van der Waals surface area contributed by atoms with Crippen molar-refractivity contribution in [2.75, 3.05) is 13.2 Å². The lowest BCUT2D eigenvalue weighted by atomic mass is 10.1. The molecule has 0 radical (unpaired) electrons. The van der Waals surface area contributed by atoms with Crippen molar-refractivity contribution in [1.29, 1.82) is 0 Å². The molecule has 6 heteroatoms. The van der Waals surface area contributed by atoms with Crippen molar-refractivity contribution in [2.24, 2.45) is 0 Å². The zero-order chi connectivity index (χ0) is 17.3. The molecule has 5 nitrogen and oxygen atoms in total. The van der Waals surface area contributed by atoms with Crippen molar-refractivity contribution in [3.8, 4) is 5.75 Å². The van der Waals surface area contributed by atoms with Crippen LogP contribution < -0.4 is 4.74 Å². The number of aliphatic hydroxyl groups is 1. The van der Waals surface area contributed by atoms with Crippen LogP contribution in [0.1, 0.15) is 16.0 Å². The number of hydrogen-bond donors (Lipinski definition) is 1. The van der Waals surface area contributed by atoms with E-state index in [1.54, 1.807) is 17.5 Å². The van der Waals surface area contributed by atoms with Crippen molar-refractivity contribution < 1.29 is 19.4 Å². The first kappa shape index (κ1) is 16.3. The number of carbonyl (C=O) groups is 2. The van der Waals surface area contributed by atoms with E-state index in [1.807, 2.05) is 32.0 Å². The normalized spacial score (nSPS) is 14.7. The van der Waals surface area contributed by atoms with Crippen LogP contribution in [-0.2, 0) is 9.59 Å². The summed E-state index contributed by atoms with van der Waals surface area (Å²) in [6, 6.07) is 9.30. The van der Waals surface area contributed by atoms with Gasteiger partial charge in [-0.3, -0.25) is 14.5 Å². The summed E-state index contributed by atoms with van der Waals surface area (Å²) < 4.78 is 5.64. The molecule has 0 bridgehead atoms. The minimum absolute atomic E-state index is 0.0707. The molecule has 0 unspecified atom stereocenters. The van der Waals surface area contributed by atoms with Gasteiger partial charge in [0.2, 0.25) is 0 Å². The van der Waals surface area contributed by atoms with Gasteiger partial charge in [0.25, 0.3) is 11.8 Å². The summed E-state index contributed by atoms with van der Waals surface area (Å²) >= 11 is 1.31. The van der Waals surface area contributed by atoms with E-state index in [9.17, 15) is 14.7 Å². The highest BCUT2D eigenvalue weighted by molar-refractivity contribution is 7.11. The molecule has 3 rings (SSSR count). The third-order valence-corrected chi connectivity index (χ3v) is 4.58. The fraction of sp³-hybridized carbons (Fsp3) is 0.222. The van der Waals surface area contributed by atoms with Gasteiger partial charge in [-0.15, -0.1) is 11.3 Å². The average molecular weight is 343 g/mol. The van der Waals surface area contributed by atoms with Crippen LogP contribution in [0, 0.1) is 13.8 Å². The number of imide groups is 1. The van der Waals surface area contributed by atoms with Gasteiger partial charge in [0, 0.05) is 4.88 Å². The molecule has 2 aromatic rings. The lowest BCUT2D eigenvalue weighted by molar-refractivity contribution is -0.138. The SMILES string of the molecule is Cc1cc(C)cc(OCCN2C(=O)C(O)=C(c3cccs3)C2=O)c1. The van der Waals surface area contributed by atoms with Crippen LogP contribution in [0.5, 0.6) is 5.75 Å². The van der Waals surface area contributed by atoms with Gasteiger partial charge >= 0.3 is 0 Å². The number of hydrogen-bond acceptors (Lipinski definition) is 5. The van der Waals surface area contributed by atoms with Crippen LogP contribution >= 0.6 is 11.3 Å². The fourth-order valence-corrected chi connectivity index (χ4v) is 3.44.